The van der Waals surface area contributed by atoms with Crippen molar-refractivity contribution < 1.29 is 20.1 Å². The molecular formula is C19H24O4. The number of aryl methyl sites for hydroxylation is 2. The molecule has 23 heavy (non-hydrogen) atoms. The molecule has 0 heterocycles. The molecule has 0 amide bonds. The van der Waals surface area contributed by atoms with Crippen molar-refractivity contribution >= 4 is 16.7 Å². The summed E-state index contributed by atoms with van der Waals surface area (Å²) in [5, 5.41) is 30.8. The Morgan fingerprint density at radius 2 is 1.57 bits per heavy atom. The zero-order valence-electron chi connectivity index (χ0n) is 13.9. The molecule has 0 unspecified atom stereocenters. The first-order chi connectivity index (χ1) is 10.8. The number of aliphatic carboxylic acids is 1. The number of carbonyl (C=O) groups is 1. The van der Waals surface area contributed by atoms with Gasteiger partial charge in [0.25, 0.3) is 0 Å². The summed E-state index contributed by atoms with van der Waals surface area (Å²) in [7, 11) is 0. The van der Waals surface area contributed by atoms with Crippen molar-refractivity contribution in [3.05, 3.63) is 34.4 Å². The summed E-state index contributed by atoms with van der Waals surface area (Å²) in [6.07, 6.45) is 3.52. The molecule has 4 heteroatoms. The predicted molar refractivity (Wildman–Crippen MR) is 91.3 cm³/mol. The lowest BCUT2D eigenvalue weighted by molar-refractivity contribution is -0.137. The van der Waals surface area contributed by atoms with E-state index in [9.17, 15) is 15.0 Å². The smallest absolute Gasteiger partial charge is 0.303 e. The average Bonchev–Trinajstić information content (AvgIpc) is 2.51. The molecule has 2 aromatic carbocycles. The van der Waals surface area contributed by atoms with E-state index in [0.717, 1.165) is 30.4 Å². The van der Waals surface area contributed by atoms with E-state index in [1.807, 2.05) is 26.0 Å². The lowest BCUT2D eigenvalue weighted by atomic mass is 9.92. The fourth-order valence-corrected chi connectivity index (χ4v) is 3.04. The maximum absolute atomic E-state index is 10.5. The van der Waals surface area contributed by atoms with Gasteiger partial charge in [0.1, 0.15) is 11.5 Å². The Morgan fingerprint density at radius 1 is 0.913 bits per heavy atom. The van der Waals surface area contributed by atoms with Gasteiger partial charge in [0, 0.05) is 17.2 Å². The fourth-order valence-electron chi connectivity index (χ4n) is 3.04. The number of benzene rings is 2. The van der Waals surface area contributed by atoms with Crippen molar-refractivity contribution in [3.8, 4) is 11.5 Å². The van der Waals surface area contributed by atoms with E-state index in [1.54, 1.807) is 6.92 Å². The van der Waals surface area contributed by atoms with Crippen LogP contribution in [-0.4, -0.2) is 21.3 Å². The minimum absolute atomic E-state index is 0.212. The molecule has 4 nitrogen and oxygen atoms in total. The number of carboxylic acids is 1. The highest BCUT2D eigenvalue weighted by Gasteiger charge is 2.16. The largest absolute Gasteiger partial charge is 0.507 e. The molecular weight excluding hydrogens is 292 g/mol. The van der Waals surface area contributed by atoms with Crippen LogP contribution < -0.4 is 0 Å². The summed E-state index contributed by atoms with van der Waals surface area (Å²) in [4.78, 5) is 10.5. The van der Waals surface area contributed by atoms with E-state index < -0.39 is 5.97 Å². The molecule has 0 spiro atoms. The van der Waals surface area contributed by atoms with Crippen molar-refractivity contribution in [2.75, 3.05) is 0 Å². The van der Waals surface area contributed by atoms with Gasteiger partial charge in [0.15, 0.2) is 0 Å². The van der Waals surface area contributed by atoms with Crippen molar-refractivity contribution in [3.63, 3.8) is 0 Å². The Kier molecular flexibility index (Phi) is 5.14. The quantitative estimate of drug-likeness (QED) is 0.546. The van der Waals surface area contributed by atoms with Crippen molar-refractivity contribution in [1.29, 1.82) is 0 Å². The molecule has 2 aromatic rings. The van der Waals surface area contributed by atoms with Crippen LogP contribution in [0.1, 0.15) is 47.9 Å². The molecule has 0 atom stereocenters. The molecule has 2 rings (SSSR count). The maximum atomic E-state index is 10.5. The second kappa shape index (κ2) is 6.90. The van der Waals surface area contributed by atoms with Gasteiger partial charge in [-0.05, 0) is 62.3 Å². The number of phenols is 2. The van der Waals surface area contributed by atoms with E-state index in [-0.39, 0.29) is 17.9 Å². The SMILES string of the molecule is Cc1c(C)c(O)c2c(C)c(CCCCCC(=O)O)ccc2c1O. The van der Waals surface area contributed by atoms with Gasteiger partial charge < -0.3 is 15.3 Å². The number of carboxylic acid groups (broad SMARTS) is 1. The van der Waals surface area contributed by atoms with E-state index in [2.05, 4.69) is 0 Å². The minimum Gasteiger partial charge on any atom is -0.507 e. The third-order valence-corrected chi connectivity index (χ3v) is 4.68. The summed E-state index contributed by atoms with van der Waals surface area (Å²) >= 11 is 0. The van der Waals surface area contributed by atoms with Crippen LogP contribution in [0.4, 0.5) is 0 Å². The van der Waals surface area contributed by atoms with Gasteiger partial charge in [-0.2, -0.15) is 0 Å². The lowest BCUT2D eigenvalue weighted by Crippen LogP contribution is -1.96. The molecule has 0 saturated carbocycles. The number of unbranched alkanes of at least 4 members (excludes halogenated alkanes) is 2. The monoisotopic (exact) mass is 316 g/mol. The number of aromatic hydroxyl groups is 2. The van der Waals surface area contributed by atoms with Crippen molar-refractivity contribution in [2.45, 2.75) is 52.9 Å². The second-order valence-corrected chi connectivity index (χ2v) is 6.17. The third-order valence-electron chi connectivity index (χ3n) is 4.68. The number of rotatable bonds is 6. The molecule has 0 aliphatic carbocycles. The second-order valence-electron chi connectivity index (χ2n) is 6.17. The minimum atomic E-state index is -0.752. The zero-order chi connectivity index (χ0) is 17.1. The molecule has 0 aliphatic rings. The Morgan fingerprint density at radius 3 is 2.22 bits per heavy atom. The van der Waals surface area contributed by atoms with E-state index in [4.69, 9.17) is 5.11 Å². The Hall–Kier alpha value is -2.23. The average molecular weight is 316 g/mol. The number of phenolic OH excluding ortho intramolecular Hbond substituents is 2. The summed E-state index contributed by atoms with van der Waals surface area (Å²) in [6.45, 7) is 5.57. The number of hydrogen-bond acceptors (Lipinski definition) is 3. The first-order valence-corrected chi connectivity index (χ1v) is 7.99. The molecule has 0 saturated heterocycles. The van der Waals surface area contributed by atoms with Crippen LogP contribution in [0, 0.1) is 20.8 Å². The highest BCUT2D eigenvalue weighted by molar-refractivity contribution is 5.98. The van der Waals surface area contributed by atoms with E-state index in [1.165, 1.54) is 0 Å². The van der Waals surface area contributed by atoms with Crippen molar-refractivity contribution in [1.82, 2.24) is 0 Å². The van der Waals surface area contributed by atoms with Crippen molar-refractivity contribution in [2.24, 2.45) is 0 Å². The first kappa shape index (κ1) is 17.1. The number of fused-ring (bicyclic) bond motifs is 1. The molecule has 0 aliphatic heterocycles. The standard InChI is InChI=1S/C19H24O4/c1-11-12(2)19(23)17-13(3)14(9-10-15(17)18(11)22)7-5-4-6-8-16(20)21/h9-10,22-23H,4-8H2,1-3H3,(H,20,21). The van der Waals surface area contributed by atoms with Crippen LogP contribution >= 0.6 is 0 Å². The Labute approximate surface area is 136 Å². The van der Waals surface area contributed by atoms with Crippen LogP contribution in [0.25, 0.3) is 10.8 Å². The van der Waals surface area contributed by atoms with Crippen LogP contribution in [-0.2, 0) is 11.2 Å². The van der Waals surface area contributed by atoms with Gasteiger partial charge in [-0.3, -0.25) is 4.79 Å². The molecule has 3 N–H and O–H groups in total. The molecule has 0 radical (unpaired) electrons. The molecule has 124 valence electrons. The summed E-state index contributed by atoms with van der Waals surface area (Å²) < 4.78 is 0. The van der Waals surface area contributed by atoms with E-state index >= 15 is 0 Å². The van der Waals surface area contributed by atoms with E-state index in [0.29, 0.717) is 28.3 Å². The molecule has 0 fully saturated rings. The highest BCUT2D eigenvalue weighted by Crippen LogP contribution is 2.41. The Bertz CT molecular complexity index is 747. The number of hydrogen-bond donors (Lipinski definition) is 3. The van der Waals surface area contributed by atoms with Crippen LogP contribution in [0.3, 0.4) is 0 Å². The van der Waals surface area contributed by atoms with Crippen LogP contribution in [0.5, 0.6) is 11.5 Å². The van der Waals surface area contributed by atoms with Gasteiger partial charge in [-0.15, -0.1) is 0 Å². The molecule has 0 aromatic heterocycles. The van der Waals surface area contributed by atoms with Gasteiger partial charge in [-0.25, -0.2) is 0 Å². The van der Waals surface area contributed by atoms with Gasteiger partial charge in [0.2, 0.25) is 0 Å². The summed E-state index contributed by atoms with van der Waals surface area (Å²) in [5.74, 6) is -0.287. The maximum Gasteiger partial charge on any atom is 0.303 e. The summed E-state index contributed by atoms with van der Waals surface area (Å²) in [5.41, 5.74) is 3.52. The zero-order valence-corrected chi connectivity index (χ0v) is 13.9. The van der Waals surface area contributed by atoms with Crippen LogP contribution in [0.2, 0.25) is 0 Å². The predicted octanol–water partition coefficient (Wildman–Crippen LogP) is 4.36. The van der Waals surface area contributed by atoms with Gasteiger partial charge in [0.05, 0.1) is 0 Å². The normalized spacial score (nSPS) is 11.1. The highest BCUT2D eigenvalue weighted by atomic mass is 16.4. The fraction of sp³-hybridized carbons (Fsp3) is 0.421. The van der Waals surface area contributed by atoms with Gasteiger partial charge in [-0.1, -0.05) is 18.6 Å². The van der Waals surface area contributed by atoms with Crippen LogP contribution in [0.15, 0.2) is 12.1 Å². The first-order valence-electron chi connectivity index (χ1n) is 7.99. The molecule has 0 bridgehead atoms. The third kappa shape index (κ3) is 3.41. The van der Waals surface area contributed by atoms with Gasteiger partial charge >= 0.3 is 5.97 Å². The lowest BCUT2D eigenvalue weighted by Gasteiger charge is -2.16. The summed E-state index contributed by atoms with van der Waals surface area (Å²) in [6, 6.07) is 3.85. The topological polar surface area (TPSA) is 77.8 Å². The Balaban J connectivity index is 2.27.